The fourth-order valence-electron chi connectivity index (χ4n) is 6.72. The molecule has 2 aliphatic carbocycles. The zero-order valence-electron chi connectivity index (χ0n) is 17.1. The first-order valence-corrected chi connectivity index (χ1v) is 12.7. The van der Waals surface area contributed by atoms with E-state index in [0.29, 0.717) is 0 Å². The number of imide groups is 1. The van der Waals surface area contributed by atoms with Crippen molar-refractivity contribution in [3.63, 3.8) is 0 Å². The molecule has 6 rings (SSSR count). The Morgan fingerprint density at radius 2 is 1.81 bits per heavy atom. The summed E-state index contributed by atoms with van der Waals surface area (Å²) in [5, 5.41) is 10.0. The van der Waals surface area contributed by atoms with Gasteiger partial charge in [-0.15, -0.1) is 11.8 Å². The molecule has 0 spiro atoms. The number of thioether (sulfide) groups is 1. The third kappa shape index (κ3) is 2.80. The maximum Gasteiger partial charge on any atom is 0.305 e. The van der Waals surface area contributed by atoms with Gasteiger partial charge in [-0.1, -0.05) is 41.7 Å². The van der Waals surface area contributed by atoms with Crippen molar-refractivity contribution in [3.05, 3.63) is 50.4 Å². The fourth-order valence-corrected chi connectivity index (χ4v) is 9.61. The van der Waals surface area contributed by atoms with Gasteiger partial charge in [0.25, 0.3) is 0 Å². The molecule has 9 heteroatoms. The van der Waals surface area contributed by atoms with Crippen LogP contribution in [0.3, 0.4) is 0 Å². The average molecular weight is 471 g/mol. The Hall–Kier alpha value is -2.39. The molecular weight excluding hydrogens is 448 g/mol. The number of benzene rings is 1. The van der Waals surface area contributed by atoms with Crippen molar-refractivity contribution in [2.45, 2.75) is 35.5 Å². The van der Waals surface area contributed by atoms with E-state index in [4.69, 9.17) is 5.11 Å². The third-order valence-electron chi connectivity index (χ3n) is 7.75. The molecule has 7 nitrogen and oxygen atoms in total. The van der Waals surface area contributed by atoms with Crippen LogP contribution in [0.25, 0.3) is 0 Å². The largest absolute Gasteiger partial charge is 0.481 e. The normalized spacial score (nSPS) is 34.5. The molecule has 2 bridgehead atoms. The minimum absolute atomic E-state index is 0.0429. The lowest BCUT2D eigenvalue weighted by molar-refractivity contribution is -0.142. The summed E-state index contributed by atoms with van der Waals surface area (Å²) in [6, 6.07) is 10.2. The van der Waals surface area contributed by atoms with Crippen LogP contribution in [-0.2, 0) is 14.4 Å². The summed E-state index contributed by atoms with van der Waals surface area (Å²) >= 11 is 2.94. The van der Waals surface area contributed by atoms with Crippen LogP contribution in [0.5, 0.6) is 0 Å². The van der Waals surface area contributed by atoms with Crippen LogP contribution in [0.2, 0.25) is 0 Å². The molecule has 3 fully saturated rings. The van der Waals surface area contributed by atoms with E-state index in [2.05, 4.69) is 17.1 Å². The topological polar surface area (TPSA) is 108 Å². The minimum Gasteiger partial charge on any atom is -0.481 e. The molecule has 2 aromatic rings. The standard InChI is InChI=1S/C23H22N2O5S2/c26-13(27)7-4-8-25-21(28)16-11-9-12(17(16)22(25)29)18-15(11)14(10-5-2-1-3-6-10)19-20(31-18)24-23(30)32-19/h1-3,5-6,11-12,14-18H,4,7-9H2,(H,24,30)(H,26,27)/t11-,12+,14+,15+,16+,17+,18+/m0/s1. The van der Waals surface area contributed by atoms with Gasteiger partial charge in [0.1, 0.15) is 0 Å². The second kappa shape index (κ2) is 7.31. The van der Waals surface area contributed by atoms with Gasteiger partial charge >= 0.3 is 10.8 Å². The van der Waals surface area contributed by atoms with E-state index in [1.807, 2.05) is 18.2 Å². The van der Waals surface area contributed by atoms with Crippen molar-refractivity contribution in [1.29, 1.82) is 0 Å². The number of likely N-dealkylation sites (tertiary alicyclic amines) is 1. The predicted molar refractivity (Wildman–Crippen MR) is 119 cm³/mol. The van der Waals surface area contributed by atoms with Gasteiger partial charge in [-0.05, 0) is 36.2 Å². The molecule has 2 amide bonds. The number of carbonyl (C=O) groups is 3. The maximum absolute atomic E-state index is 13.3. The number of aliphatic carboxylic acids is 1. The molecule has 1 aromatic carbocycles. The zero-order chi connectivity index (χ0) is 22.1. The van der Waals surface area contributed by atoms with Crippen LogP contribution in [0.15, 0.2) is 40.2 Å². The quantitative estimate of drug-likeness (QED) is 0.651. The Bertz CT molecular complexity index is 1170. The zero-order valence-corrected chi connectivity index (χ0v) is 18.7. The number of nitrogens with one attached hydrogen (secondary N) is 1. The fraction of sp³-hybridized carbons (Fsp3) is 0.478. The number of nitrogens with zero attached hydrogens (tertiary/aromatic N) is 1. The van der Waals surface area contributed by atoms with E-state index >= 15 is 0 Å². The number of fused-ring (bicyclic) bond motifs is 9. The first-order valence-electron chi connectivity index (χ1n) is 11.0. The highest BCUT2D eigenvalue weighted by Gasteiger charge is 2.69. The Labute approximate surface area is 192 Å². The highest BCUT2D eigenvalue weighted by molar-refractivity contribution is 8.00. The Morgan fingerprint density at radius 3 is 2.53 bits per heavy atom. The van der Waals surface area contributed by atoms with Crippen LogP contribution in [0.4, 0.5) is 0 Å². The van der Waals surface area contributed by atoms with Crippen molar-refractivity contribution in [1.82, 2.24) is 9.88 Å². The second-order valence-corrected chi connectivity index (χ2v) is 11.4. The molecule has 4 aliphatic rings. The summed E-state index contributed by atoms with van der Waals surface area (Å²) < 4.78 is 0. The first-order chi connectivity index (χ1) is 15.5. The first kappa shape index (κ1) is 20.2. The monoisotopic (exact) mass is 470 g/mol. The highest BCUT2D eigenvalue weighted by atomic mass is 32.2. The van der Waals surface area contributed by atoms with E-state index in [1.165, 1.54) is 16.2 Å². The molecule has 0 radical (unpaired) electrons. The molecule has 3 heterocycles. The van der Waals surface area contributed by atoms with Gasteiger partial charge in [-0.25, -0.2) is 0 Å². The summed E-state index contributed by atoms with van der Waals surface area (Å²) in [5.74, 6) is -1.36. The average Bonchev–Trinajstić information content (AvgIpc) is 3.49. The lowest BCUT2D eigenvalue weighted by Crippen LogP contribution is -2.42. The predicted octanol–water partition coefficient (Wildman–Crippen LogP) is 2.77. The van der Waals surface area contributed by atoms with Crippen molar-refractivity contribution >= 4 is 40.9 Å². The lowest BCUT2D eigenvalue weighted by atomic mass is 9.68. The van der Waals surface area contributed by atoms with Gasteiger partial charge in [0.2, 0.25) is 11.8 Å². The second-order valence-electron chi connectivity index (χ2n) is 9.20. The number of thiazole rings is 1. The lowest BCUT2D eigenvalue weighted by Gasteiger charge is -2.43. The van der Waals surface area contributed by atoms with E-state index in [0.717, 1.165) is 21.9 Å². The number of hydrogen-bond acceptors (Lipinski definition) is 6. The molecule has 32 heavy (non-hydrogen) atoms. The Kier molecular flexibility index (Phi) is 4.62. The third-order valence-corrected chi connectivity index (χ3v) is 10.3. The number of aromatic amines is 1. The SMILES string of the molecule is O=C(O)CCCN1C(=O)[C@@H]2[C@H]3C[C@@H]([C@H]4Sc5[nH]c(=O)sc5[C@H](c5ccccc5)[C@@H]34)[C@H]2C1=O. The van der Waals surface area contributed by atoms with E-state index in [-0.39, 0.29) is 76.8 Å². The molecule has 0 unspecified atom stereocenters. The van der Waals surface area contributed by atoms with Gasteiger partial charge in [0.15, 0.2) is 0 Å². The summed E-state index contributed by atoms with van der Waals surface area (Å²) in [6.45, 7) is 0.182. The molecule has 2 aliphatic heterocycles. The molecule has 1 saturated heterocycles. The smallest absolute Gasteiger partial charge is 0.305 e. The van der Waals surface area contributed by atoms with E-state index in [9.17, 15) is 19.2 Å². The summed E-state index contributed by atoms with van der Waals surface area (Å²) in [4.78, 5) is 55.0. The number of carboxylic acid groups (broad SMARTS) is 1. The number of carbonyl (C=O) groups excluding carboxylic acids is 2. The summed E-state index contributed by atoms with van der Waals surface area (Å²) in [7, 11) is 0. The molecule has 7 atom stereocenters. The molecule has 166 valence electrons. The molecule has 1 aromatic heterocycles. The maximum atomic E-state index is 13.3. The number of H-pyrrole nitrogens is 1. The number of rotatable bonds is 5. The van der Waals surface area contributed by atoms with Crippen molar-refractivity contribution in [3.8, 4) is 0 Å². The van der Waals surface area contributed by atoms with Crippen LogP contribution in [0.1, 0.15) is 35.6 Å². The van der Waals surface area contributed by atoms with Crippen LogP contribution < -0.4 is 4.87 Å². The molecule has 2 saturated carbocycles. The van der Waals surface area contributed by atoms with E-state index in [1.54, 1.807) is 11.8 Å². The number of amides is 2. The molecular formula is C23H22N2O5S2. The summed E-state index contributed by atoms with van der Waals surface area (Å²) in [6.07, 6.45) is 1.10. The molecule has 2 N–H and O–H groups in total. The van der Waals surface area contributed by atoms with Crippen LogP contribution >= 0.6 is 23.1 Å². The Balaban J connectivity index is 1.37. The number of aromatic nitrogens is 1. The van der Waals surface area contributed by atoms with Gasteiger partial charge in [-0.3, -0.25) is 24.1 Å². The van der Waals surface area contributed by atoms with Gasteiger partial charge in [-0.2, -0.15) is 0 Å². The highest BCUT2D eigenvalue weighted by Crippen LogP contribution is 2.68. The van der Waals surface area contributed by atoms with Gasteiger partial charge < -0.3 is 10.1 Å². The number of hydrogen-bond donors (Lipinski definition) is 2. The van der Waals surface area contributed by atoms with Gasteiger partial charge in [0, 0.05) is 29.0 Å². The van der Waals surface area contributed by atoms with E-state index < -0.39 is 5.97 Å². The van der Waals surface area contributed by atoms with Crippen molar-refractivity contribution < 1.29 is 19.5 Å². The Morgan fingerprint density at radius 1 is 1.09 bits per heavy atom. The number of carboxylic acids is 1. The van der Waals surface area contributed by atoms with Crippen LogP contribution in [0, 0.1) is 29.6 Å². The van der Waals surface area contributed by atoms with Gasteiger partial charge in [0.05, 0.1) is 16.9 Å². The minimum atomic E-state index is -0.919. The van der Waals surface area contributed by atoms with Crippen LogP contribution in [-0.4, -0.2) is 44.6 Å². The van der Waals surface area contributed by atoms with Crippen molar-refractivity contribution in [2.24, 2.45) is 29.6 Å². The summed E-state index contributed by atoms with van der Waals surface area (Å²) in [5.41, 5.74) is 1.15. The van der Waals surface area contributed by atoms with Crippen molar-refractivity contribution in [2.75, 3.05) is 6.54 Å².